The highest BCUT2D eigenvalue weighted by atomic mass is 79.9. The van der Waals surface area contributed by atoms with E-state index in [2.05, 4.69) is 75.4 Å². The predicted octanol–water partition coefficient (Wildman–Crippen LogP) is 3.59. The van der Waals surface area contributed by atoms with Crippen molar-refractivity contribution in [3.8, 4) is 11.5 Å². The summed E-state index contributed by atoms with van der Waals surface area (Å²) in [5.41, 5.74) is 0. The van der Waals surface area contributed by atoms with E-state index in [1.165, 1.54) is 5.30 Å². The van der Waals surface area contributed by atoms with Gasteiger partial charge in [-0.3, -0.25) is 0 Å². The van der Waals surface area contributed by atoms with E-state index in [9.17, 15) is 5.11 Å². The molecule has 29 heavy (non-hydrogen) atoms. The summed E-state index contributed by atoms with van der Waals surface area (Å²) >= 11 is 0. The maximum Gasteiger partial charge on any atom is 0.224 e. The van der Waals surface area contributed by atoms with Gasteiger partial charge in [0.25, 0.3) is 0 Å². The third-order valence-corrected chi connectivity index (χ3v) is 14.5. The first-order chi connectivity index (χ1) is 12.4. The van der Waals surface area contributed by atoms with Crippen LogP contribution in [0, 0.1) is 0 Å². The van der Waals surface area contributed by atoms with E-state index in [1.54, 1.807) is 6.07 Å². The fraction of sp³-hybridized carbons (Fsp3) is 0.739. The number of hydrogen-bond acceptors (Lipinski definition) is 3. The van der Waals surface area contributed by atoms with Gasteiger partial charge >= 0.3 is 0 Å². The van der Waals surface area contributed by atoms with Crippen LogP contribution in [0.15, 0.2) is 18.2 Å². The second kappa shape index (κ2) is 9.59. The van der Waals surface area contributed by atoms with Gasteiger partial charge in [0.1, 0.15) is 17.3 Å². The van der Waals surface area contributed by atoms with E-state index in [-0.39, 0.29) is 32.4 Å². The third-order valence-electron chi connectivity index (χ3n) is 5.43. The highest BCUT2D eigenvalue weighted by Crippen LogP contribution is 2.83. The molecule has 0 unspecified atom stereocenters. The summed E-state index contributed by atoms with van der Waals surface area (Å²) in [5, 5.41) is 11.8. The molecule has 6 heteroatoms. The smallest absolute Gasteiger partial charge is 0.224 e. The minimum Gasteiger partial charge on any atom is -1.00 e. The Morgan fingerprint density at radius 1 is 0.897 bits per heavy atom. The Hall–Kier alpha value is -0.0931. The highest BCUT2D eigenvalue weighted by molar-refractivity contribution is 7.87. The molecule has 0 fully saturated rings. The van der Waals surface area contributed by atoms with Gasteiger partial charge in [-0.05, 0) is 94.5 Å². The minimum absolute atomic E-state index is 0. The molecule has 0 bridgehead atoms. The molecule has 0 amide bonds. The number of aromatic hydroxyl groups is 1. The number of rotatable bonds is 6. The average molecular weight is 508 g/mol. The van der Waals surface area contributed by atoms with Crippen LogP contribution < -0.4 is 27.0 Å². The molecule has 0 aromatic heterocycles. The fourth-order valence-electron chi connectivity index (χ4n) is 5.68. The standard InChI is InChI=1S/C23H43O3PSi.BrH/c1-13-26-28(11,12)17-25-19-15-14-18(24)16-20(19)27(21(2,3)4,22(5,6)7)23(8,9)10;/h14-16H,13,17H2,1-12H3;1H. The first kappa shape index (κ1) is 28.9. The zero-order chi connectivity index (χ0) is 22.2. The molecule has 3 nitrogen and oxygen atoms in total. The van der Waals surface area contributed by atoms with Crippen LogP contribution in [0.4, 0.5) is 0 Å². The summed E-state index contributed by atoms with van der Waals surface area (Å²) in [4.78, 5) is 0. The third kappa shape index (κ3) is 5.99. The minimum atomic E-state index is -1.89. The van der Waals surface area contributed by atoms with Gasteiger partial charge in [-0.15, -0.1) is 0 Å². The molecule has 0 aliphatic rings. The predicted molar refractivity (Wildman–Crippen MR) is 129 cm³/mol. The summed E-state index contributed by atoms with van der Waals surface area (Å²) in [5.74, 6) is 1.22. The van der Waals surface area contributed by atoms with Crippen molar-refractivity contribution in [1.29, 1.82) is 0 Å². The number of benzene rings is 1. The van der Waals surface area contributed by atoms with E-state index in [0.29, 0.717) is 18.6 Å². The van der Waals surface area contributed by atoms with Crippen LogP contribution >= 0.6 is 7.26 Å². The quantitative estimate of drug-likeness (QED) is 0.473. The van der Waals surface area contributed by atoms with Crippen LogP contribution in [-0.4, -0.2) is 41.7 Å². The van der Waals surface area contributed by atoms with Gasteiger partial charge in [0.15, 0.2) is 5.75 Å². The molecule has 1 aromatic carbocycles. The largest absolute Gasteiger partial charge is 1.00 e. The molecule has 0 spiro atoms. The zero-order valence-corrected chi connectivity index (χ0v) is 24.2. The second-order valence-electron chi connectivity index (χ2n) is 11.3. The Morgan fingerprint density at radius 3 is 1.72 bits per heavy atom. The lowest BCUT2D eigenvalue weighted by atomic mass is 10.2. The number of halogens is 1. The summed E-state index contributed by atoms with van der Waals surface area (Å²) in [6.45, 7) is 28.3. The molecule has 1 N–H and O–H groups in total. The van der Waals surface area contributed by atoms with E-state index in [0.717, 1.165) is 5.75 Å². The molecular formula is C23H44BrO3PSi. The van der Waals surface area contributed by atoms with Crippen LogP contribution in [0.25, 0.3) is 0 Å². The molecule has 0 atom stereocenters. The molecule has 0 saturated carbocycles. The molecule has 170 valence electrons. The lowest BCUT2D eigenvalue weighted by Crippen LogP contribution is -3.00. The summed E-state index contributed by atoms with van der Waals surface area (Å²) in [7, 11) is -3.76. The van der Waals surface area contributed by atoms with E-state index < -0.39 is 15.6 Å². The van der Waals surface area contributed by atoms with Crippen molar-refractivity contribution in [3.05, 3.63) is 18.2 Å². The number of phenolic OH excluding ortho intramolecular Hbond substituents is 1. The van der Waals surface area contributed by atoms with Gasteiger partial charge in [0, 0.05) is 12.7 Å². The van der Waals surface area contributed by atoms with Crippen molar-refractivity contribution in [2.75, 3.05) is 12.8 Å². The summed E-state index contributed by atoms with van der Waals surface area (Å²) in [6.07, 6.45) is 0.608. The Labute approximate surface area is 192 Å². The zero-order valence-electron chi connectivity index (χ0n) is 20.7. The molecule has 0 aliphatic carbocycles. The van der Waals surface area contributed by atoms with Gasteiger partial charge in [-0.1, -0.05) is 0 Å². The van der Waals surface area contributed by atoms with Gasteiger partial charge in [-0.25, -0.2) is 0 Å². The summed E-state index contributed by atoms with van der Waals surface area (Å²) < 4.78 is 12.4. The second-order valence-corrected chi connectivity index (χ2v) is 21.3. The maximum absolute atomic E-state index is 10.5. The van der Waals surface area contributed by atoms with Crippen LogP contribution in [0.2, 0.25) is 13.1 Å². The van der Waals surface area contributed by atoms with Gasteiger partial charge in [-0.2, -0.15) is 0 Å². The van der Waals surface area contributed by atoms with Gasteiger partial charge < -0.3 is 31.3 Å². The van der Waals surface area contributed by atoms with E-state index in [1.807, 2.05) is 19.1 Å². The van der Waals surface area contributed by atoms with Crippen LogP contribution in [0.1, 0.15) is 69.2 Å². The van der Waals surface area contributed by atoms with Crippen LogP contribution in [0.3, 0.4) is 0 Å². The Kier molecular flexibility index (Phi) is 9.56. The van der Waals surface area contributed by atoms with Gasteiger partial charge in [0.05, 0.1) is 22.7 Å². The Morgan fingerprint density at radius 2 is 1.34 bits per heavy atom. The van der Waals surface area contributed by atoms with Crippen molar-refractivity contribution < 1.29 is 31.3 Å². The molecule has 1 rings (SSSR count). The Balaban J connectivity index is 0.00000784. The molecule has 1 aromatic rings. The normalized spacial score (nSPS) is 13.8. The molecule has 0 radical (unpaired) electrons. The van der Waals surface area contributed by atoms with Gasteiger partial charge in [0.2, 0.25) is 8.32 Å². The molecule has 0 aliphatic heterocycles. The number of phenols is 1. The fourth-order valence-corrected chi connectivity index (χ4v) is 16.0. The topological polar surface area (TPSA) is 38.7 Å². The summed E-state index contributed by atoms with van der Waals surface area (Å²) in [6, 6.07) is 5.68. The van der Waals surface area contributed by atoms with E-state index >= 15 is 0 Å². The number of hydrogen-bond donors (Lipinski definition) is 1. The van der Waals surface area contributed by atoms with Crippen molar-refractivity contribution in [2.45, 2.75) is 97.8 Å². The van der Waals surface area contributed by atoms with Crippen molar-refractivity contribution in [3.63, 3.8) is 0 Å². The number of ether oxygens (including phenoxy) is 1. The lowest BCUT2D eigenvalue weighted by Gasteiger charge is -2.54. The van der Waals surface area contributed by atoms with E-state index in [4.69, 9.17) is 9.16 Å². The first-order valence-electron chi connectivity index (χ1n) is 10.4. The SMILES string of the molecule is CCO[Si](C)(C)COc1ccc(O)cc1[P+](C(C)(C)C)(C(C)(C)C)C(C)(C)C.[Br-]. The highest BCUT2D eigenvalue weighted by Gasteiger charge is 2.67. The van der Waals surface area contributed by atoms with Crippen LogP contribution in [0.5, 0.6) is 11.5 Å². The molecule has 0 heterocycles. The molecular weight excluding hydrogens is 463 g/mol. The first-order valence-corrected chi connectivity index (χ1v) is 15.3. The average Bonchev–Trinajstić information content (AvgIpc) is 2.42. The lowest BCUT2D eigenvalue weighted by molar-refractivity contribution is -0.00000951. The maximum atomic E-state index is 10.5. The molecule has 0 saturated heterocycles. The van der Waals surface area contributed by atoms with Crippen molar-refractivity contribution in [2.24, 2.45) is 0 Å². The monoisotopic (exact) mass is 506 g/mol. The Bertz CT molecular complexity index is 634. The van der Waals surface area contributed by atoms with Crippen molar-refractivity contribution >= 4 is 20.9 Å². The van der Waals surface area contributed by atoms with Crippen molar-refractivity contribution in [1.82, 2.24) is 0 Å². The van der Waals surface area contributed by atoms with Crippen LogP contribution in [-0.2, 0) is 4.43 Å².